The minimum atomic E-state index is -1.59. The van der Waals surface area contributed by atoms with Crippen LogP contribution in [0.1, 0.15) is 38.6 Å². The molecule has 0 bridgehead atoms. The predicted octanol–water partition coefficient (Wildman–Crippen LogP) is 1.83. The molecular formula is C26H32F3N5O6. The minimum absolute atomic E-state index is 0.0356. The number of nitrogens with zero attached hydrogens (tertiary/aromatic N) is 5. The number of hydrogen-bond acceptors (Lipinski definition) is 9. The van der Waals surface area contributed by atoms with E-state index in [9.17, 15) is 28.2 Å². The van der Waals surface area contributed by atoms with Gasteiger partial charge in [-0.15, -0.1) is 5.10 Å². The van der Waals surface area contributed by atoms with Crippen LogP contribution in [-0.2, 0) is 19.1 Å². The number of carbonyl (C=O) groups is 1. The molecule has 2 saturated heterocycles. The van der Waals surface area contributed by atoms with Gasteiger partial charge >= 0.3 is 0 Å². The molecule has 2 fully saturated rings. The fraction of sp³-hybridized carbons (Fsp3) is 0.615. The Morgan fingerprint density at radius 1 is 1.18 bits per heavy atom. The Morgan fingerprint density at radius 3 is 2.50 bits per heavy atom. The molecule has 40 heavy (non-hydrogen) atoms. The summed E-state index contributed by atoms with van der Waals surface area (Å²) in [5.74, 6) is -4.04. The minimum Gasteiger partial charge on any atom is -0.394 e. The van der Waals surface area contributed by atoms with Crippen LogP contribution in [0.15, 0.2) is 23.5 Å². The smallest absolute Gasteiger partial charge is 0.219 e. The quantitative estimate of drug-likeness (QED) is 0.485. The van der Waals surface area contributed by atoms with E-state index < -0.39 is 54.5 Å². The van der Waals surface area contributed by atoms with Crippen molar-refractivity contribution >= 4 is 11.6 Å². The summed E-state index contributed by atoms with van der Waals surface area (Å²) in [5, 5.41) is 33.3. The third kappa shape index (κ3) is 5.57. The number of aliphatic hydroxyl groups is 2. The van der Waals surface area contributed by atoms with Crippen LogP contribution in [0, 0.1) is 23.4 Å². The molecule has 6 atom stereocenters. The number of ether oxygens (including phenoxy) is 2. The Labute approximate surface area is 228 Å². The summed E-state index contributed by atoms with van der Waals surface area (Å²) in [6, 6.07) is 0.730. The van der Waals surface area contributed by atoms with E-state index in [0.717, 1.165) is 30.7 Å². The SMILES string of the molecule is CO[C@@H]1[C@@H](n2cc(-c3cc(F)c(F)c(F)c3)nn2)[C@@H](O)[C@@H](CO)O[C@@H]1C[C@H]1CC(C2CCN(C(C)=O)CC2)=NO1. The summed E-state index contributed by atoms with van der Waals surface area (Å²) in [6.45, 7) is 2.43. The molecule has 1 amide bonds. The highest BCUT2D eigenvalue weighted by molar-refractivity contribution is 5.88. The number of likely N-dealkylation sites (tertiary alicyclic amines) is 1. The number of oxime groups is 1. The van der Waals surface area contributed by atoms with Crippen LogP contribution < -0.4 is 0 Å². The fourth-order valence-corrected chi connectivity index (χ4v) is 5.82. The average Bonchev–Trinajstić information content (AvgIpc) is 3.62. The van der Waals surface area contributed by atoms with Gasteiger partial charge in [0, 0.05) is 51.4 Å². The van der Waals surface area contributed by atoms with Crippen molar-refractivity contribution in [3.8, 4) is 11.3 Å². The summed E-state index contributed by atoms with van der Waals surface area (Å²) in [5.41, 5.74) is 0.955. The zero-order valence-corrected chi connectivity index (χ0v) is 22.1. The number of hydrogen-bond donors (Lipinski definition) is 2. The molecule has 3 aliphatic heterocycles. The first-order valence-electron chi connectivity index (χ1n) is 13.2. The third-order valence-corrected chi connectivity index (χ3v) is 7.99. The van der Waals surface area contributed by atoms with Gasteiger partial charge < -0.3 is 29.4 Å². The number of carbonyl (C=O) groups excluding carboxylic acids is 1. The van der Waals surface area contributed by atoms with Gasteiger partial charge in [-0.1, -0.05) is 10.4 Å². The molecule has 0 spiro atoms. The molecule has 1 aromatic heterocycles. The van der Waals surface area contributed by atoms with E-state index >= 15 is 0 Å². The standard InChI is InChI=1S/C26H32F3N5O6/c1-13(36)33-5-3-14(4-6-33)19-9-16(40-31-19)10-21-26(38-2)24(25(37)22(12-35)39-21)34-11-20(30-32-34)15-7-17(27)23(29)18(28)8-15/h7-8,11,14,16,21-22,24-26,35,37H,3-6,9-10,12H2,1-2H3/t16-,21-,22-,24+,25+,26+/m1/s1. The van der Waals surface area contributed by atoms with E-state index in [2.05, 4.69) is 15.5 Å². The molecule has 1 aromatic carbocycles. The van der Waals surface area contributed by atoms with Gasteiger partial charge in [0.2, 0.25) is 5.91 Å². The van der Waals surface area contributed by atoms with Gasteiger partial charge in [0.15, 0.2) is 17.5 Å². The van der Waals surface area contributed by atoms with Crippen LogP contribution in [0.4, 0.5) is 13.2 Å². The summed E-state index contributed by atoms with van der Waals surface area (Å²) in [6.07, 6.45) is -0.0558. The molecular weight excluding hydrogens is 535 g/mol. The Kier molecular flexibility index (Phi) is 8.40. The molecule has 3 aliphatic rings. The summed E-state index contributed by atoms with van der Waals surface area (Å²) in [7, 11) is 1.45. The van der Waals surface area contributed by atoms with Crippen LogP contribution in [-0.4, -0.2) is 99.1 Å². The van der Waals surface area contributed by atoms with Crippen molar-refractivity contribution in [3.63, 3.8) is 0 Å². The molecule has 0 saturated carbocycles. The Bertz CT molecular complexity index is 1230. The molecule has 2 aromatic rings. The maximum absolute atomic E-state index is 13.8. The Balaban J connectivity index is 1.30. The number of aromatic nitrogens is 3. The number of halogens is 3. The van der Waals surface area contributed by atoms with Gasteiger partial charge in [0.25, 0.3) is 0 Å². The van der Waals surface area contributed by atoms with Crippen LogP contribution in [0.3, 0.4) is 0 Å². The van der Waals surface area contributed by atoms with E-state index in [0.29, 0.717) is 25.9 Å². The van der Waals surface area contributed by atoms with Crippen molar-refractivity contribution in [2.24, 2.45) is 11.1 Å². The topological polar surface area (TPSA) is 132 Å². The number of aliphatic hydroxyl groups excluding tert-OH is 2. The van der Waals surface area contributed by atoms with Crippen molar-refractivity contribution in [1.29, 1.82) is 0 Å². The van der Waals surface area contributed by atoms with Gasteiger partial charge in [-0.3, -0.25) is 4.79 Å². The van der Waals surface area contributed by atoms with Crippen molar-refractivity contribution in [2.45, 2.75) is 69.2 Å². The summed E-state index contributed by atoms with van der Waals surface area (Å²) >= 11 is 0. The molecule has 4 heterocycles. The van der Waals surface area contributed by atoms with E-state index in [1.165, 1.54) is 18.0 Å². The molecule has 14 heteroatoms. The number of methoxy groups -OCH3 is 1. The largest absolute Gasteiger partial charge is 0.394 e. The Hall–Kier alpha value is -3.07. The lowest BCUT2D eigenvalue weighted by Crippen LogP contribution is -2.57. The lowest BCUT2D eigenvalue weighted by atomic mass is 9.86. The second kappa shape index (κ2) is 11.8. The maximum Gasteiger partial charge on any atom is 0.219 e. The molecule has 0 aliphatic carbocycles. The molecule has 0 unspecified atom stereocenters. The van der Waals surface area contributed by atoms with Crippen LogP contribution >= 0.6 is 0 Å². The van der Waals surface area contributed by atoms with Crippen molar-refractivity contribution in [2.75, 3.05) is 26.8 Å². The van der Waals surface area contributed by atoms with Gasteiger partial charge in [-0.05, 0) is 25.0 Å². The lowest BCUT2D eigenvalue weighted by Gasteiger charge is -2.44. The zero-order chi connectivity index (χ0) is 28.6. The van der Waals surface area contributed by atoms with E-state index in [1.54, 1.807) is 6.92 Å². The van der Waals surface area contributed by atoms with Gasteiger partial charge in [0.1, 0.15) is 36.2 Å². The normalized spacial score (nSPS) is 29.4. The molecule has 218 valence electrons. The summed E-state index contributed by atoms with van der Waals surface area (Å²) in [4.78, 5) is 19.2. The first-order valence-corrected chi connectivity index (χ1v) is 13.2. The molecule has 0 radical (unpaired) electrons. The molecule has 11 nitrogen and oxygen atoms in total. The number of rotatable bonds is 7. The first kappa shape index (κ1) is 28.5. The number of amides is 1. The first-order chi connectivity index (χ1) is 19.2. The third-order valence-electron chi connectivity index (χ3n) is 7.99. The summed E-state index contributed by atoms with van der Waals surface area (Å²) < 4.78 is 54.1. The van der Waals surface area contributed by atoms with Crippen molar-refractivity contribution in [1.82, 2.24) is 19.9 Å². The van der Waals surface area contributed by atoms with Gasteiger partial charge in [-0.2, -0.15) is 0 Å². The van der Waals surface area contributed by atoms with E-state index in [1.807, 2.05) is 4.90 Å². The average molecular weight is 568 g/mol. The lowest BCUT2D eigenvalue weighted by molar-refractivity contribution is -0.219. The van der Waals surface area contributed by atoms with Gasteiger partial charge in [0.05, 0.1) is 24.6 Å². The van der Waals surface area contributed by atoms with Crippen molar-refractivity contribution < 1.29 is 42.5 Å². The highest BCUT2D eigenvalue weighted by Crippen LogP contribution is 2.36. The monoisotopic (exact) mass is 567 g/mol. The second-order valence-electron chi connectivity index (χ2n) is 10.4. The number of piperidine rings is 1. The van der Waals surface area contributed by atoms with E-state index in [4.69, 9.17) is 14.3 Å². The highest BCUT2D eigenvalue weighted by atomic mass is 19.2. The van der Waals surface area contributed by atoms with Crippen LogP contribution in [0.2, 0.25) is 0 Å². The Morgan fingerprint density at radius 2 is 1.88 bits per heavy atom. The van der Waals surface area contributed by atoms with E-state index in [-0.39, 0.29) is 29.2 Å². The maximum atomic E-state index is 13.8. The fourth-order valence-electron chi connectivity index (χ4n) is 5.82. The van der Waals surface area contributed by atoms with Gasteiger partial charge in [-0.25, -0.2) is 17.9 Å². The molecule has 5 rings (SSSR count). The number of benzene rings is 1. The van der Waals surface area contributed by atoms with Crippen LogP contribution in [0.25, 0.3) is 11.3 Å². The van der Waals surface area contributed by atoms with Crippen LogP contribution in [0.5, 0.6) is 0 Å². The highest BCUT2D eigenvalue weighted by Gasteiger charge is 2.48. The zero-order valence-electron chi connectivity index (χ0n) is 22.1. The second-order valence-corrected chi connectivity index (χ2v) is 10.4. The predicted molar refractivity (Wildman–Crippen MR) is 133 cm³/mol. The van der Waals surface area contributed by atoms with Crippen molar-refractivity contribution in [3.05, 3.63) is 35.8 Å². The molecule has 2 N–H and O–H groups in total.